The maximum Gasteiger partial charge on any atom is 0.137 e. The molecule has 0 bridgehead atoms. The second kappa shape index (κ2) is 11.7. The fourth-order valence-corrected chi connectivity index (χ4v) is 2.45. The number of benzene rings is 2. The minimum Gasteiger partial charge on any atom is -0.392 e. The van der Waals surface area contributed by atoms with Gasteiger partial charge in [0.1, 0.15) is 11.6 Å². The van der Waals surface area contributed by atoms with Crippen LogP contribution in [0.2, 0.25) is 0 Å². The van der Waals surface area contributed by atoms with Gasteiger partial charge in [-0.2, -0.15) is 0 Å². The molecular weight excluding hydrogens is 450 g/mol. The summed E-state index contributed by atoms with van der Waals surface area (Å²) < 4.78 is 36.3. The van der Waals surface area contributed by atoms with Crippen LogP contribution in [0.1, 0.15) is 11.1 Å². The third-order valence-electron chi connectivity index (χ3n) is 2.85. The predicted octanol–water partition coefficient (Wildman–Crippen LogP) is 4.83. The SMILES string of the molecule is COCCOCc1ccc(F)c(Br)c1.OCc1ccc(F)c(Br)c1. The summed E-state index contributed by atoms with van der Waals surface area (Å²) in [5.74, 6) is -0.567. The van der Waals surface area contributed by atoms with E-state index in [1.165, 1.54) is 12.1 Å². The lowest BCUT2D eigenvalue weighted by molar-refractivity contribution is 0.0616. The molecule has 0 unspecified atom stereocenters. The first-order chi connectivity index (χ1) is 11.5. The second-order valence-corrected chi connectivity index (χ2v) is 6.41. The Labute approximate surface area is 156 Å². The van der Waals surface area contributed by atoms with Crippen LogP contribution in [0.3, 0.4) is 0 Å². The molecule has 0 aromatic heterocycles. The van der Waals surface area contributed by atoms with E-state index in [2.05, 4.69) is 31.9 Å². The standard InChI is InChI=1S/C10H12BrFO2.C7H6BrFO/c1-13-4-5-14-7-8-2-3-10(12)9(11)6-8;8-6-3-5(4-10)1-2-7(6)9/h2-3,6H,4-5,7H2,1H3;1-3,10H,4H2. The molecule has 3 nitrogen and oxygen atoms in total. The summed E-state index contributed by atoms with van der Waals surface area (Å²) >= 11 is 6.11. The van der Waals surface area contributed by atoms with Gasteiger partial charge in [-0.15, -0.1) is 0 Å². The summed E-state index contributed by atoms with van der Waals surface area (Å²) in [4.78, 5) is 0. The molecule has 0 heterocycles. The van der Waals surface area contributed by atoms with Crippen LogP contribution < -0.4 is 0 Å². The van der Waals surface area contributed by atoms with E-state index in [1.54, 1.807) is 31.4 Å². The van der Waals surface area contributed by atoms with E-state index in [9.17, 15) is 8.78 Å². The van der Waals surface area contributed by atoms with E-state index < -0.39 is 0 Å². The van der Waals surface area contributed by atoms with Crippen LogP contribution in [0.5, 0.6) is 0 Å². The summed E-state index contributed by atoms with van der Waals surface area (Å²) in [5, 5.41) is 8.61. The first kappa shape index (κ1) is 21.2. The molecule has 0 fully saturated rings. The molecular formula is C17H18Br2F2O3. The normalized spacial score (nSPS) is 10.2. The van der Waals surface area contributed by atoms with Crippen molar-refractivity contribution in [2.45, 2.75) is 13.2 Å². The molecule has 2 aromatic carbocycles. The van der Waals surface area contributed by atoms with Gasteiger partial charge in [0.2, 0.25) is 0 Å². The highest BCUT2D eigenvalue weighted by Crippen LogP contribution is 2.17. The van der Waals surface area contributed by atoms with E-state index in [0.717, 1.165) is 5.56 Å². The predicted molar refractivity (Wildman–Crippen MR) is 95.7 cm³/mol. The lowest BCUT2D eigenvalue weighted by Gasteiger charge is -2.04. The van der Waals surface area contributed by atoms with Gasteiger partial charge in [-0.05, 0) is 67.3 Å². The third-order valence-corrected chi connectivity index (χ3v) is 4.07. The van der Waals surface area contributed by atoms with Crippen molar-refractivity contribution in [1.29, 1.82) is 0 Å². The molecule has 0 aliphatic carbocycles. The summed E-state index contributed by atoms with van der Waals surface area (Å²) in [5.41, 5.74) is 1.64. The molecule has 0 radical (unpaired) electrons. The van der Waals surface area contributed by atoms with Crippen LogP contribution in [-0.2, 0) is 22.7 Å². The summed E-state index contributed by atoms with van der Waals surface area (Å²) in [7, 11) is 1.62. The number of hydrogen-bond donors (Lipinski definition) is 1. The monoisotopic (exact) mass is 466 g/mol. The Hall–Kier alpha value is -0.860. The van der Waals surface area contributed by atoms with Crippen molar-refractivity contribution in [1.82, 2.24) is 0 Å². The molecule has 2 aromatic rings. The van der Waals surface area contributed by atoms with Crippen molar-refractivity contribution in [3.05, 3.63) is 68.1 Å². The maximum absolute atomic E-state index is 12.8. The van der Waals surface area contributed by atoms with E-state index >= 15 is 0 Å². The second-order valence-electron chi connectivity index (χ2n) is 4.70. The Morgan fingerprint density at radius 1 is 0.917 bits per heavy atom. The summed E-state index contributed by atoms with van der Waals surface area (Å²) in [6, 6.07) is 9.24. The fraction of sp³-hybridized carbons (Fsp3) is 0.294. The molecule has 0 saturated heterocycles. The molecule has 132 valence electrons. The first-order valence-corrected chi connectivity index (χ1v) is 8.62. The highest BCUT2D eigenvalue weighted by Gasteiger charge is 2.00. The molecule has 7 heteroatoms. The molecule has 0 aliphatic rings. The van der Waals surface area contributed by atoms with Gasteiger partial charge >= 0.3 is 0 Å². The quantitative estimate of drug-likeness (QED) is 0.618. The number of rotatable bonds is 6. The minimum absolute atomic E-state index is 0.0567. The maximum atomic E-state index is 12.8. The highest BCUT2D eigenvalue weighted by atomic mass is 79.9. The minimum atomic E-state index is -0.308. The van der Waals surface area contributed by atoms with Crippen LogP contribution in [-0.4, -0.2) is 25.4 Å². The molecule has 0 aliphatic heterocycles. The first-order valence-electron chi connectivity index (χ1n) is 7.03. The van der Waals surface area contributed by atoms with Gasteiger partial charge < -0.3 is 14.6 Å². The Morgan fingerprint density at radius 3 is 1.96 bits per heavy atom. The van der Waals surface area contributed by atoms with E-state index in [4.69, 9.17) is 14.6 Å². The lowest BCUT2D eigenvalue weighted by atomic mass is 10.2. The highest BCUT2D eigenvalue weighted by molar-refractivity contribution is 9.10. The van der Waals surface area contributed by atoms with Crippen LogP contribution in [0.25, 0.3) is 0 Å². The van der Waals surface area contributed by atoms with Crippen LogP contribution in [0.4, 0.5) is 8.78 Å². The third kappa shape index (κ3) is 7.81. The lowest BCUT2D eigenvalue weighted by Crippen LogP contribution is -2.01. The zero-order valence-corrected chi connectivity index (χ0v) is 16.2. The smallest absolute Gasteiger partial charge is 0.137 e. The van der Waals surface area contributed by atoms with Crippen LogP contribution in [0.15, 0.2) is 45.3 Å². The largest absolute Gasteiger partial charge is 0.392 e. The van der Waals surface area contributed by atoms with E-state index in [-0.39, 0.29) is 18.2 Å². The summed E-state index contributed by atoms with van der Waals surface area (Å²) in [6.45, 7) is 1.54. The van der Waals surface area contributed by atoms with Gasteiger partial charge in [-0.1, -0.05) is 12.1 Å². The van der Waals surface area contributed by atoms with Gasteiger partial charge in [0, 0.05) is 7.11 Å². The van der Waals surface area contributed by atoms with Gasteiger partial charge in [0.25, 0.3) is 0 Å². The average Bonchev–Trinajstić information content (AvgIpc) is 2.58. The molecule has 24 heavy (non-hydrogen) atoms. The zero-order valence-electron chi connectivity index (χ0n) is 13.1. The van der Waals surface area contributed by atoms with Crippen molar-refractivity contribution >= 4 is 31.9 Å². The van der Waals surface area contributed by atoms with Gasteiger partial charge in [0.05, 0.1) is 35.4 Å². The number of methoxy groups -OCH3 is 1. The summed E-state index contributed by atoms with van der Waals surface area (Å²) in [6.07, 6.45) is 0. The van der Waals surface area contributed by atoms with Gasteiger partial charge in [-0.25, -0.2) is 8.78 Å². The molecule has 0 saturated carbocycles. The Bertz CT molecular complexity index is 639. The number of aliphatic hydroxyl groups is 1. The Morgan fingerprint density at radius 2 is 1.46 bits per heavy atom. The molecule has 1 N–H and O–H groups in total. The number of ether oxygens (including phenoxy) is 2. The van der Waals surface area contributed by atoms with Crippen LogP contribution >= 0.6 is 31.9 Å². The topological polar surface area (TPSA) is 38.7 Å². The van der Waals surface area contributed by atoms with Crippen molar-refractivity contribution in [2.24, 2.45) is 0 Å². The van der Waals surface area contributed by atoms with Crippen molar-refractivity contribution in [3.8, 4) is 0 Å². The van der Waals surface area contributed by atoms with Gasteiger partial charge in [0.15, 0.2) is 0 Å². The Balaban J connectivity index is 0.000000254. The van der Waals surface area contributed by atoms with E-state index in [1.807, 2.05) is 0 Å². The number of halogens is 4. The van der Waals surface area contributed by atoms with Crippen molar-refractivity contribution in [3.63, 3.8) is 0 Å². The van der Waals surface area contributed by atoms with Gasteiger partial charge in [-0.3, -0.25) is 0 Å². The zero-order chi connectivity index (χ0) is 17.9. The molecule has 2 rings (SSSR count). The fourth-order valence-electron chi connectivity index (χ4n) is 1.60. The van der Waals surface area contributed by atoms with Crippen molar-refractivity contribution < 1.29 is 23.4 Å². The molecule has 0 atom stereocenters. The Kier molecular flexibility index (Phi) is 10.3. The van der Waals surface area contributed by atoms with Crippen molar-refractivity contribution in [2.75, 3.05) is 20.3 Å². The molecule has 0 amide bonds. The number of hydrogen-bond acceptors (Lipinski definition) is 3. The molecule has 0 spiro atoms. The van der Waals surface area contributed by atoms with Crippen LogP contribution in [0, 0.1) is 11.6 Å². The average molecular weight is 468 g/mol. The van der Waals surface area contributed by atoms with E-state index in [0.29, 0.717) is 34.3 Å². The number of aliphatic hydroxyl groups excluding tert-OH is 1.